The first-order chi connectivity index (χ1) is 12.1. The van der Waals surface area contributed by atoms with Crippen molar-refractivity contribution in [3.8, 4) is 5.75 Å². The molecule has 0 aliphatic carbocycles. The van der Waals surface area contributed by atoms with Gasteiger partial charge in [-0.2, -0.15) is 0 Å². The Balaban J connectivity index is 2.00. The summed E-state index contributed by atoms with van der Waals surface area (Å²) in [6.07, 6.45) is 0. The zero-order valence-electron chi connectivity index (χ0n) is 15.5. The third-order valence-corrected chi connectivity index (χ3v) is 6.17. The van der Waals surface area contributed by atoms with E-state index in [1.54, 1.807) is 36.2 Å². The number of benzene rings is 2. The summed E-state index contributed by atoms with van der Waals surface area (Å²) in [6, 6.07) is 9.65. The molecule has 0 saturated carbocycles. The summed E-state index contributed by atoms with van der Waals surface area (Å²) in [5, 5.41) is 0. The molecule has 1 heterocycles. The SMILES string of the molecule is COc1ccc(S(=O)(=O)Nc2cc(C)c3c(c2)C(C)(C)C(=O)N3C)cc1. The molecule has 1 amide bonds. The van der Waals surface area contributed by atoms with Crippen molar-refractivity contribution in [3.63, 3.8) is 0 Å². The monoisotopic (exact) mass is 374 g/mol. The zero-order valence-corrected chi connectivity index (χ0v) is 16.3. The van der Waals surface area contributed by atoms with Gasteiger partial charge in [-0.15, -0.1) is 0 Å². The molecular formula is C19H22N2O4S. The Hall–Kier alpha value is -2.54. The lowest BCUT2D eigenvalue weighted by molar-refractivity contribution is -0.121. The van der Waals surface area contributed by atoms with Gasteiger partial charge in [-0.3, -0.25) is 9.52 Å². The Morgan fingerprint density at radius 1 is 1.12 bits per heavy atom. The van der Waals surface area contributed by atoms with Crippen LogP contribution in [0.4, 0.5) is 11.4 Å². The summed E-state index contributed by atoms with van der Waals surface area (Å²) >= 11 is 0. The number of anilines is 2. The number of fused-ring (bicyclic) bond motifs is 1. The van der Waals surface area contributed by atoms with E-state index in [1.807, 2.05) is 20.8 Å². The standard InChI is InChI=1S/C19H22N2O4S/c1-12-10-13(11-16-17(12)21(4)18(22)19(16,2)3)20-26(23,24)15-8-6-14(25-5)7-9-15/h6-11,20H,1-5H3. The van der Waals surface area contributed by atoms with Crippen molar-refractivity contribution in [3.05, 3.63) is 47.5 Å². The first-order valence-electron chi connectivity index (χ1n) is 8.18. The van der Waals surface area contributed by atoms with Gasteiger partial charge < -0.3 is 9.64 Å². The molecular weight excluding hydrogens is 352 g/mol. The molecule has 6 nitrogen and oxygen atoms in total. The maximum absolute atomic E-state index is 12.7. The van der Waals surface area contributed by atoms with Crippen LogP contribution in [0.25, 0.3) is 0 Å². The Morgan fingerprint density at radius 2 is 1.73 bits per heavy atom. The minimum absolute atomic E-state index is 0.00855. The summed E-state index contributed by atoms with van der Waals surface area (Å²) in [6.45, 7) is 5.56. The Labute approximate surface area is 153 Å². The van der Waals surface area contributed by atoms with Gasteiger partial charge in [0.25, 0.3) is 10.0 Å². The number of hydrogen-bond acceptors (Lipinski definition) is 4. The molecule has 0 atom stereocenters. The largest absolute Gasteiger partial charge is 0.497 e. The summed E-state index contributed by atoms with van der Waals surface area (Å²) in [4.78, 5) is 14.3. The number of aryl methyl sites for hydroxylation is 1. The number of hydrogen-bond donors (Lipinski definition) is 1. The number of carbonyl (C=O) groups excluding carboxylic acids is 1. The van der Waals surface area contributed by atoms with Crippen molar-refractivity contribution in [2.24, 2.45) is 0 Å². The van der Waals surface area contributed by atoms with E-state index in [1.165, 1.54) is 19.2 Å². The molecule has 0 fully saturated rings. The lowest BCUT2D eigenvalue weighted by Gasteiger charge is -2.17. The van der Waals surface area contributed by atoms with Crippen LogP contribution in [0.2, 0.25) is 0 Å². The molecule has 1 N–H and O–H groups in total. The van der Waals surface area contributed by atoms with Crippen molar-refractivity contribution >= 4 is 27.3 Å². The zero-order chi connectivity index (χ0) is 19.3. The molecule has 0 bridgehead atoms. The van der Waals surface area contributed by atoms with Gasteiger partial charge >= 0.3 is 0 Å². The average Bonchev–Trinajstić information content (AvgIpc) is 2.75. The highest BCUT2D eigenvalue weighted by atomic mass is 32.2. The van der Waals surface area contributed by atoms with Crippen molar-refractivity contribution < 1.29 is 17.9 Å². The summed E-state index contributed by atoms with van der Waals surface area (Å²) in [5.74, 6) is 0.575. The number of likely N-dealkylation sites (N-methyl/N-ethyl adjacent to an activating group) is 1. The van der Waals surface area contributed by atoms with Crippen molar-refractivity contribution in [1.29, 1.82) is 0 Å². The van der Waals surface area contributed by atoms with Crippen LogP contribution in [0, 0.1) is 6.92 Å². The van der Waals surface area contributed by atoms with E-state index >= 15 is 0 Å². The van der Waals surface area contributed by atoms with Gasteiger partial charge in [0, 0.05) is 12.7 Å². The smallest absolute Gasteiger partial charge is 0.261 e. The normalized spacial score (nSPS) is 15.7. The van der Waals surface area contributed by atoms with Gasteiger partial charge in [0.05, 0.1) is 23.1 Å². The minimum atomic E-state index is -3.74. The molecule has 0 radical (unpaired) electrons. The average molecular weight is 374 g/mol. The Bertz CT molecular complexity index is 979. The van der Waals surface area contributed by atoms with E-state index in [0.717, 1.165) is 16.8 Å². The molecule has 138 valence electrons. The van der Waals surface area contributed by atoms with Crippen molar-refractivity contribution in [2.45, 2.75) is 31.1 Å². The highest BCUT2D eigenvalue weighted by Crippen LogP contribution is 2.44. The van der Waals surface area contributed by atoms with E-state index in [4.69, 9.17) is 4.74 Å². The van der Waals surface area contributed by atoms with Crippen LogP contribution in [0.1, 0.15) is 25.0 Å². The third-order valence-electron chi connectivity index (χ3n) is 4.77. The highest BCUT2D eigenvalue weighted by Gasteiger charge is 2.43. The van der Waals surface area contributed by atoms with Crippen molar-refractivity contribution in [1.82, 2.24) is 0 Å². The minimum Gasteiger partial charge on any atom is -0.497 e. The molecule has 3 rings (SSSR count). The van der Waals surface area contributed by atoms with Gasteiger partial charge in [0.2, 0.25) is 5.91 Å². The topological polar surface area (TPSA) is 75.7 Å². The number of ether oxygens (including phenoxy) is 1. The third kappa shape index (κ3) is 2.82. The number of carbonyl (C=O) groups is 1. The molecule has 1 aliphatic rings. The second-order valence-electron chi connectivity index (χ2n) is 6.96. The summed E-state index contributed by atoms with van der Waals surface area (Å²) in [7, 11) is -0.478. The summed E-state index contributed by atoms with van der Waals surface area (Å²) < 4.78 is 33.0. The van der Waals surface area contributed by atoms with E-state index in [0.29, 0.717) is 11.4 Å². The number of sulfonamides is 1. The first kappa shape index (κ1) is 18.3. The van der Waals surface area contributed by atoms with E-state index < -0.39 is 15.4 Å². The molecule has 0 aromatic heterocycles. The molecule has 26 heavy (non-hydrogen) atoms. The number of nitrogens with zero attached hydrogens (tertiary/aromatic N) is 1. The molecule has 7 heteroatoms. The fraction of sp³-hybridized carbons (Fsp3) is 0.316. The van der Waals surface area contributed by atoms with E-state index in [2.05, 4.69) is 4.72 Å². The predicted molar refractivity (Wildman–Crippen MR) is 101 cm³/mol. The van der Waals surface area contributed by atoms with Gasteiger partial charge in [-0.25, -0.2) is 8.42 Å². The predicted octanol–water partition coefficient (Wildman–Crippen LogP) is 3.06. The summed E-state index contributed by atoms with van der Waals surface area (Å²) in [5.41, 5.74) is 2.24. The number of methoxy groups -OCH3 is 1. The van der Waals surface area contributed by atoms with Crippen LogP contribution in [0.15, 0.2) is 41.3 Å². The van der Waals surface area contributed by atoms with Gasteiger partial charge in [-0.05, 0) is 68.3 Å². The van der Waals surface area contributed by atoms with Crippen LogP contribution in [-0.2, 0) is 20.2 Å². The number of rotatable bonds is 4. The number of nitrogens with one attached hydrogen (secondary N) is 1. The molecule has 0 spiro atoms. The van der Waals surface area contributed by atoms with Crippen LogP contribution >= 0.6 is 0 Å². The fourth-order valence-corrected chi connectivity index (χ4v) is 4.41. The lowest BCUT2D eigenvalue weighted by atomic mass is 9.85. The number of amides is 1. The van der Waals surface area contributed by atoms with Crippen LogP contribution < -0.4 is 14.4 Å². The van der Waals surface area contributed by atoms with Crippen LogP contribution in [0.3, 0.4) is 0 Å². The van der Waals surface area contributed by atoms with Gasteiger partial charge in [0.1, 0.15) is 5.75 Å². The Morgan fingerprint density at radius 3 is 2.31 bits per heavy atom. The first-order valence-corrected chi connectivity index (χ1v) is 9.66. The molecule has 2 aromatic carbocycles. The quantitative estimate of drug-likeness (QED) is 0.892. The van der Waals surface area contributed by atoms with Crippen molar-refractivity contribution in [2.75, 3.05) is 23.8 Å². The van der Waals surface area contributed by atoms with E-state index in [9.17, 15) is 13.2 Å². The second kappa shape index (κ2) is 6.02. The van der Waals surface area contributed by atoms with Crippen LogP contribution in [0.5, 0.6) is 5.75 Å². The van der Waals surface area contributed by atoms with Crippen LogP contribution in [-0.4, -0.2) is 28.5 Å². The fourth-order valence-electron chi connectivity index (χ4n) is 3.37. The lowest BCUT2D eigenvalue weighted by Crippen LogP contribution is -2.33. The molecule has 0 unspecified atom stereocenters. The molecule has 1 aliphatic heterocycles. The Kier molecular flexibility index (Phi) is 4.23. The molecule has 2 aromatic rings. The second-order valence-corrected chi connectivity index (χ2v) is 8.64. The molecule has 0 saturated heterocycles. The van der Waals surface area contributed by atoms with Gasteiger partial charge in [0.15, 0.2) is 0 Å². The highest BCUT2D eigenvalue weighted by molar-refractivity contribution is 7.92. The van der Waals surface area contributed by atoms with E-state index in [-0.39, 0.29) is 10.8 Å². The maximum Gasteiger partial charge on any atom is 0.261 e. The van der Waals surface area contributed by atoms with Gasteiger partial charge in [-0.1, -0.05) is 0 Å². The maximum atomic E-state index is 12.7.